The first-order valence-corrected chi connectivity index (χ1v) is 9.17. The second-order valence-corrected chi connectivity index (χ2v) is 8.08. The average molecular weight is 303 g/mol. The summed E-state index contributed by atoms with van der Waals surface area (Å²) >= 11 is 0. The second-order valence-electron chi connectivity index (χ2n) is 6.30. The Kier molecular flexibility index (Phi) is 4.71. The Balaban J connectivity index is 1.88. The number of hydrogen-bond acceptors (Lipinski definition) is 4. The lowest BCUT2D eigenvalue weighted by Crippen LogP contribution is -2.54. The molecular weight excluding hydrogens is 278 g/mol. The van der Waals surface area contributed by atoms with Crippen LogP contribution in [0.15, 0.2) is 0 Å². The quantitative estimate of drug-likeness (QED) is 0.764. The predicted molar refractivity (Wildman–Crippen MR) is 77.8 cm³/mol. The monoisotopic (exact) mass is 303 g/mol. The van der Waals surface area contributed by atoms with E-state index >= 15 is 0 Å². The topological polar surface area (TPSA) is 78.5 Å². The standard InChI is InChI=1S/C13H25N3O3S/c1-13(6-3-7-14-10-13)12(17)16-8-4-11(5-9-16)15-20(2,18)19/h11,14-15H,3-10H2,1-2H3. The van der Waals surface area contributed by atoms with Gasteiger partial charge in [0.1, 0.15) is 0 Å². The van der Waals surface area contributed by atoms with Crippen LogP contribution < -0.4 is 10.0 Å². The van der Waals surface area contributed by atoms with Crippen molar-refractivity contribution in [1.29, 1.82) is 0 Å². The summed E-state index contributed by atoms with van der Waals surface area (Å²) in [5, 5.41) is 3.30. The lowest BCUT2D eigenvalue weighted by atomic mass is 9.81. The third-order valence-electron chi connectivity index (χ3n) is 4.28. The number of rotatable bonds is 3. The van der Waals surface area contributed by atoms with Gasteiger partial charge in [0.05, 0.1) is 11.7 Å². The van der Waals surface area contributed by atoms with Crippen molar-refractivity contribution >= 4 is 15.9 Å². The summed E-state index contributed by atoms with van der Waals surface area (Å²) < 4.78 is 25.1. The van der Waals surface area contributed by atoms with Gasteiger partial charge >= 0.3 is 0 Å². The molecule has 1 atom stereocenters. The van der Waals surface area contributed by atoms with Crippen LogP contribution in [0.4, 0.5) is 0 Å². The molecule has 2 heterocycles. The smallest absolute Gasteiger partial charge is 0.229 e. The average Bonchev–Trinajstić information content (AvgIpc) is 2.38. The van der Waals surface area contributed by atoms with Crippen molar-refractivity contribution < 1.29 is 13.2 Å². The molecule has 2 aliphatic rings. The minimum atomic E-state index is -3.16. The number of likely N-dealkylation sites (tertiary alicyclic amines) is 1. The molecule has 2 saturated heterocycles. The van der Waals surface area contributed by atoms with Gasteiger partial charge in [0.25, 0.3) is 0 Å². The van der Waals surface area contributed by atoms with Crippen LogP contribution >= 0.6 is 0 Å². The minimum Gasteiger partial charge on any atom is -0.342 e. The lowest BCUT2D eigenvalue weighted by molar-refractivity contribution is -0.143. The van der Waals surface area contributed by atoms with Gasteiger partial charge in [-0.1, -0.05) is 0 Å². The summed E-state index contributed by atoms with van der Waals surface area (Å²) in [4.78, 5) is 14.5. The van der Waals surface area contributed by atoms with Gasteiger partial charge in [0.15, 0.2) is 0 Å². The van der Waals surface area contributed by atoms with E-state index in [1.807, 2.05) is 11.8 Å². The highest BCUT2D eigenvalue weighted by Crippen LogP contribution is 2.29. The molecule has 20 heavy (non-hydrogen) atoms. The molecule has 0 radical (unpaired) electrons. The maximum Gasteiger partial charge on any atom is 0.229 e. The summed E-state index contributed by atoms with van der Waals surface area (Å²) in [6, 6.07) is -0.0358. The summed E-state index contributed by atoms with van der Waals surface area (Å²) in [7, 11) is -3.16. The van der Waals surface area contributed by atoms with Crippen LogP contribution in [0, 0.1) is 5.41 Å². The van der Waals surface area contributed by atoms with E-state index in [-0.39, 0.29) is 17.4 Å². The molecule has 116 valence electrons. The minimum absolute atomic E-state index is 0.0358. The van der Waals surface area contributed by atoms with Crippen molar-refractivity contribution in [1.82, 2.24) is 14.9 Å². The first-order valence-electron chi connectivity index (χ1n) is 7.28. The number of piperidine rings is 2. The Labute approximate surface area is 121 Å². The van der Waals surface area contributed by atoms with E-state index in [0.717, 1.165) is 25.9 Å². The highest BCUT2D eigenvalue weighted by Gasteiger charge is 2.38. The highest BCUT2D eigenvalue weighted by atomic mass is 32.2. The van der Waals surface area contributed by atoms with E-state index in [0.29, 0.717) is 25.9 Å². The number of carbonyl (C=O) groups excluding carboxylic acids is 1. The summed E-state index contributed by atoms with van der Waals surface area (Å²) in [5.74, 6) is 0.211. The molecule has 6 nitrogen and oxygen atoms in total. The van der Waals surface area contributed by atoms with E-state index in [1.54, 1.807) is 0 Å². The molecular formula is C13H25N3O3S. The van der Waals surface area contributed by atoms with Gasteiger partial charge in [-0.25, -0.2) is 13.1 Å². The van der Waals surface area contributed by atoms with Gasteiger partial charge in [-0.05, 0) is 39.2 Å². The molecule has 0 aliphatic carbocycles. The van der Waals surface area contributed by atoms with Crippen LogP contribution in [0.1, 0.15) is 32.6 Å². The van der Waals surface area contributed by atoms with Crippen LogP contribution in [0.5, 0.6) is 0 Å². The molecule has 0 saturated carbocycles. The third kappa shape index (κ3) is 3.93. The normalized spacial score (nSPS) is 29.4. The molecule has 0 bridgehead atoms. The van der Waals surface area contributed by atoms with E-state index in [1.165, 1.54) is 6.26 Å². The summed E-state index contributed by atoms with van der Waals surface area (Å²) in [6.45, 7) is 5.04. The van der Waals surface area contributed by atoms with Crippen molar-refractivity contribution in [3.05, 3.63) is 0 Å². The van der Waals surface area contributed by atoms with Gasteiger partial charge < -0.3 is 10.2 Å². The molecule has 0 aromatic heterocycles. The zero-order valence-corrected chi connectivity index (χ0v) is 13.1. The largest absolute Gasteiger partial charge is 0.342 e. The van der Waals surface area contributed by atoms with Crippen LogP contribution in [0.2, 0.25) is 0 Å². The van der Waals surface area contributed by atoms with Gasteiger partial charge in [-0.2, -0.15) is 0 Å². The maximum absolute atomic E-state index is 12.6. The molecule has 0 aromatic carbocycles. The third-order valence-corrected chi connectivity index (χ3v) is 5.04. The van der Waals surface area contributed by atoms with Crippen LogP contribution in [0.25, 0.3) is 0 Å². The van der Waals surface area contributed by atoms with Gasteiger partial charge in [0, 0.05) is 25.7 Å². The number of nitrogens with one attached hydrogen (secondary N) is 2. The Morgan fingerprint density at radius 3 is 2.50 bits per heavy atom. The van der Waals surface area contributed by atoms with Crippen LogP contribution in [-0.2, 0) is 14.8 Å². The van der Waals surface area contributed by atoms with E-state index in [4.69, 9.17) is 0 Å². The predicted octanol–water partition coefficient (Wildman–Crippen LogP) is -0.0837. The van der Waals surface area contributed by atoms with Crippen molar-refractivity contribution in [2.24, 2.45) is 5.41 Å². The fourth-order valence-corrected chi connectivity index (χ4v) is 3.96. The SMILES string of the molecule is CC1(C(=O)N2CCC(NS(C)(=O)=O)CC2)CCCNC1. The van der Waals surface area contributed by atoms with Gasteiger partial charge in [0.2, 0.25) is 15.9 Å². The molecule has 0 spiro atoms. The molecule has 2 fully saturated rings. The number of amides is 1. The number of sulfonamides is 1. The Morgan fingerprint density at radius 1 is 1.35 bits per heavy atom. The maximum atomic E-state index is 12.6. The van der Waals surface area contributed by atoms with E-state index in [9.17, 15) is 13.2 Å². The molecule has 1 amide bonds. The van der Waals surface area contributed by atoms with Crippen LogP contribution in [0.3, 0.4) is 0 Å². The zero-order valence-electron chi connectivity index (χ0n) is 12.3. The Bertz CT molecular complexity index is 449. The molecule has 1 unspecified atom stereocenters. The lowest BCUT2D eigenvalue weighted by Gasteiger charge is -2.40. The van der Waals surface area contributed by atoms with Crippen LogP contribution in [-0.4, -0.2) is 57.7 Å². The molecule has 0 aromatic rings. The number of hydrogen-bond donors (Lipinski definition) is 2. The Hall–Kier alpha value is -0.660. The fraction of sp³-hybridized carbons (Fsp3) is 0.923. The van der Waals surface area contributed by atoms with Crippen molar-refractivity contribution in [2.45, 2.75) is 38.6 Å². The van der Waals surface area contributed by atoms with Crippen molar-refractivity contribution in [3.63, 3.8) is 0 Å². The molecule has 2 N–H and O–H groups in total. The first-order chi connectivity index (χ1) is 9.30. The highest BCUT2D eigenvalue weighted by molar-refractivity contribution is 7.88. The van der Waals surface area contributed by atoms with Crippen molar-refractivity contribution in [2.75, 3.05) is 32.4 Å². The summed E-state index contributed by atoms with van der Waals surface area (Å²) in [5.41, 5.74) is -0.296. The molecule has 7 heteroatoms. The molecule has 2 rings (SSSR count). The fourth-order valence-electron chi connectivity index (χ4n) is 3.12. The summed E-state index contributed by atoms with van der Waals surface area (Å²) in [6.07, 6.45) is 4.54. The Morgan fingerprint density at radius 2 is 2.00 bits per heavy atom. The van der Waals surface area contributed by atoms with Crippen molar-refractivity contribution in [3.8, 4) is 0 Å². The zero-order chi connectivity index (χ0) is 14.8. The van der Waals surface area contributed by atoms with E-state index < -0.39 is 10.0 Å². The van der Waals surface area contributed by atoms with Gasteiger partial charge in [-0.3, -0.25) is 4.79 Å². The second kappa shape index (κ2) is 5.99. The molecule has 2 aliphatic heterocycles. The first kappa shape index (κ1) is 15.7. The number of nitrogens with zero attached hydrogens (tertiary/aromatic N) is 1. The van der Waals surface area contributed by atoms with E-state index in [2.05, 4.69) is 10.0 Å². The number of carbonyl (C=O) groups is 1. The van der Waals surface area contributed by atoms with Gasteiger partial charge in [-0.15, -0.1) is 0 Å².